The molecule has 1 aromatic rings. The number of nitrogens with one attached hydrogen (secondary N) is 2. The maximum absolute atomic E-state index is 13.5. The highest BCUT2D eigenvalue weighted by molar-refractivity contribution is 5.76. The number of aliphatic hydroxyl groups is 2. The van der Waals surface area contributed by atoms with E-state index in [-0.39, 0.29) is 30.9 Å². The molecular weight excluding hydrogens is 394 g/mol. The van der Waals surface area contributed by atoms with Crippen molar-refractivity contribution in [3.05, 3.63) is 35.4 Å². The smallest absolute Gasteiger partial charge is 0.220 e. The summed E-state index contributed by atoms with van der Waals surface area (Å²) in [5.41, 5.74) is 0.284. The number of carbonyl (C=O) groups is 2. The highest BCUT2D eigenvalue weighted by Crippen LogP contribution is 2.28. The number of carbonyl (C=O) groups excluding carboxylic acids is 2. The van der Waals surface area contributed by atoms with Crippen LogP contribution in [0.4, 0.5) is 8.78 Å². The fraction of sp³-hybridized carbons (Fsp3) is 0.636. The van der Waals surface area contributed by atoms with Gasteiger partial charge in [-0.05, 0) is 42.9 Å². The standard InChI is InChI=1S/C22H32F2N2O4/c1-14(28)25-20(10-16-8-17(23)11-18(24)9-16)21(29)12-19(13-27)26-22(30)7-6-15-4-2-3-5-15/h8-9,11,15,19-21,27,29H,2-7,10,12-13H2,1H3,(H,25,28)(H,26,30)/t19?,20-,21-/m0/s1. The molecule has 0 spiro atoms. The van der Waals surface area contributed by atoms with Gasteiger partial charge in [-0.1, -0.05) is 25.7 Å². The topological polar surface area (TPSA) is 98.7 Å². The molecule has 1 aromatic carbocycles. The minimum Gasteiger partial charge on any atom is -0.394 e. The lowest BCUT2D eigenvalue weighted by Crippen LogP contribution is -2.48. The molecule has 1 saturated carbocycles. The summed E-state index contributed by atoms with van der Waals surface area (Å²) in [6.07, 6.45) is 4.75. The first kappa shape index (κ1) is 24.2. The minimum atomic E-state index is -1.13. The fourth-order valence-corrected chi connectivity index (χ4v) is 4.10. The molecule has 0 radical (unpaired) electrons. The summed E-state index contributed by atoms with van der Waals surface area (Å²) in [6, 6.07) is 1.51. The van der Waals surface area contributed by atoms with E-state index in [4.69, 9.17) is 0 Å². The first-order valence-corrected chi connectivity index (χ1v) is 10.6. The molecule has 1 unspecified atom stereocenters. The van der Waals surface area contributed by atoms with E-state index in [1.807, 2.05) is 0 Å². The Kier molecular flexibility index (Phi) is 9.65. The number of amides is 2. The molecule has 2 amide bonds. The number of rotatable bonds is 11. The number of hydrogen-bond acceptors (Lipinski definition) is 4. The molecule has 0 aliphatic heterocycles. The molecule has 0 aromatic heterocycles. The van der Waals surface area contributed by atoms with Gasteiger partial charge in [-0.15, -0.1) is 0 Å². The van der Waals surface area contributed by atoms with E-state index < -0.39 is 35.7 Å². The SMILES string of the molecule is CC(=O)N[C@@H](Cc1cc(F)cc(F)c1)[C@@H](O)CC(CO)NC(=O)CCC1CCCC1. The van der Waals surface area contributed by atoms with Gasteiger partial charge >= 0.3 is 0 Å². The zero-order valence-electron chi connectivity index (χ0n) is 17.4. The number of halogens is 2. The molecule has 1 fully saturated rings. The van der Waals surface area contributed by atoms with Crippen LogP contribution in [-0.4, -0.2) is 46.8 Å². The van der Waals surface area contributed by atoms with E-state index in [9.17, 15) is 28.6 Å². The lowest BCUT2D eigenvalue weighted by molar-refractivity contribution is -0.123. The van der Waals surface area contributed by atoms with Crippen LogP contribution >= 0.6 is 0 Å². The van der Waals surface area contributed by atoms with Crippen molar-refractivity contribution in [2.24, 2.45) is 5.92 Å². The van der Waals surface area contributed by atoms with Gasteiger partial charge in [-0.25, -0.2) is 8.78 Å². The normalized spacial score (nSPS) is 17.4. The average molecular weight is 427 g/mol. The van der Waals surface area contributed by atoms with Gasteiger partial charge in [0.15, 0.2) is 0 Å². The van der Waals surface area contributed by atoms with E-state index in [0.29, 0.717) is 12.3 Å². The molecular formula is C22H32F2N2O4. The molecule has 4 N–H and O–H groups in total. The molecule has 3 atom stereocenters. The van der Waals surface area contributed by atoms with E-state index in [1.165, 1.54) is 19.8 Å². The third-order valence-electron chi connectivity index (χ3n) is 5.60. The molecule has 2 rings (SSSR count). The third-order valence-corrected chi connectivity index (χ3v) is 5.60. The van der Waals surface area contributed by atoms with Gasteiger partial charge in [0.2, 0.25) is 11.8 Å². The van der Waals surface area contributed by atoms with Crippen LogP contribution in [0.15, 0.2) is 18.2 Å². The first-order chi connectivity index (χ1) is 14.3. The van der Waals surface area contributed by atoms with Crippen LogP contribution in [-0.2, 0) is 16.0 Å². The van der Waals surface area contributed by atoms with Crippen molar-refractivity contribution < 1.29 is 28.6 Å². The van der Waals surface area contributed by atoms with Crippen LogP contribution in [0, 0.1) is 17.6 Å². The molecule has 30 heavy (non-hydrogen) atoms. The summed E-state index contributed by atoms with van der Waals surface area (Å²) in [7, 11) is 0. The van der Waals surface area contributed by atoms with Crippen molar-refractivity contribution in [1.29, 1.82) is 0 Å². The quantitative estimate of drug-likeness (QED) is 0.436. The van der Waals surface area contributed by atoms with Crippen LogP contribution < -0.4 is 10.6 Å². The van der Waals surface area contributed by atoms with Gasteiger partial charge < -0.3 is 20.8 Å². The fourth-order valence-electron chi connectivity index (χ4n) is 4.10. The Hall–Kier alpha value is -2.06. The molecule has 0 heterocycles. The van der Waals surface area contributed by atoms with Crippen molar-refractivity contribution in [1.82, 2.24) is 10.6 Å². The van der Waals surface area contributed by atoms with Gasteiger partial charge in [-0.3, -0.25) is 9.59 Å². The summed E-state index contributed by atoms with van der Waals surface area (Å²) in [4.78, 5) is 23.7. The number of hydrogen-bond donors (Lipinski definition) is 4. The van der Waals surface area contributed by atoms with Gasteiger partial charge in [0.25, 0.3) is 0 Å². The van der Waals surface area contributed by atoms with E-state index >= 15 is 0 Å². The zero-order valence-corrected chi connectivity index (χ0v) is 17.4. The average Bonchev–Trinajstić information content (AvgIpc) is 3.17. The van der Waals surface area contributed by atoms with Crippen molar-refractivity contribution in [2.75, 3.05) is 6.61 Å². The lowest BCUT2D eigenvalue weighted by Gasteiger charge is -2.27. The summed E-state index contributed by atoms with van der Waals surface area (Å²) in [6.45, 7) is 0.911. The van der Waals surface area contributed by atoms with Gasteiger partial charge in [0.1, 0.15) is 11.6 Å². The Morgan fingerprint density at radius 3 is 2.33 bits per heavy atom. The maximum atomic E-state index is 13.5. The minimum absolute atomic E-state index is 0.00318. The first-order valence-electron chi connectivity index (χ1n) is 10.6. The molecule has 8 heteroatoms. The van der Waals surface area contributed by atoms with Gasteiger partial charge in [0.05, 0.1) is 24.8 Å². The Labute approximate surface area is 176 Å². The molecule has 168 valence electrons. The summed E-state index contributed by atoms with van der Waals surface area (Å²) >= 11 is 0. The predicted octanol–water partition coefficient (Wildman–Crippen LogP) is 2.21. The Morgan fingerprint density at radius 2 is 1.77 bits per heavy atom. The zero-order chi connectivity index (χ0) is 22.1. The highest BCUT2D eigenvalue weighted by Gasteiger charge is 2.25. The van der Waals surface area contributed by atoms with E-state index in [2.05, 4.69) is 10.6 Å². The second-order valence-corrected chi connectivity index (χ2v) is 8.23. The van der Waals surface area contributed by atoms with Crippen molar-refractivity contribution in [3.63, 3.8) is 0 Å². The second-order valence-electron chi connectivity index (χ2n) is 8.23. The molecule has 6 nitrogen and oxygen atoms in total. The van der Waals surface area contributed by atoms with Crippen molar-refractivity contribution in [2.45, 2.75) is 76.5 Å². The Bertz CT molecular complexity index is 690. The molecule has 1 aliphatic rings. The van der Waals surface area contributed by atoms with Crippen LogP contribution in [0.1, 0.15) is 57.4 Å². The van der Waals surface area contributed by atoms with Gasteiger partial charge in [-0.2, -0.15) is 0 Å². The van der Waals surface area contributed by atoms with Gasteiger partial charge in [0, 0.05) is 19.4 Å². The monoisotopic (exact) mass is 426 g/mol. The molecule has 0 saturated heterocycles. The summed E-state index contributed by atoms with van der Waals surface area (Å²) in [5, 5.41) is 25.5. The van der Waals surface area contributed by atoms with Crippen molar-refractivity contribution in [3.8, 4) is 0 Å². The third kappa shape index (κ3) is 8.36. The van der Waals surface area contributed by atoms with E-state index in [1.54, 1.807) is 0 Å². The largest absolute Gasteiger partial charge is 0.394 e. The number of aliphatic hydroxyl groups excluding tert-OH is 2. The Balaban J connectivity index is 1.93. The van der Waals surface area contributed by atoms with Crippen LogP contribution in [0.5, 0.6) is 0 Å². The van der Waals surface area contributed by atoms with Crippen molar-refractivity contribution >= 4 is 11.8 Å². The molecule has 1 aliphatic carbocycles. The number of benzene rings is 1. The summed E-state index contributed by atoms with van der Waals surface area (Å²) in [5.74, 6) is -1.51. The molecule has 0 bridgehead atoms. The van der Waals surface area contributed by atoms with Crippen LogP contribution in [0.2, 0.25) is 0 Å². The maximum Gasteiger partial charge on any atom is 0.220 e. The van der Waals surface area contributed by atoms with E-state index in [0.717, 1.165) is 37.5 Å². The summed E-state index contributed by atoms with van der Waals surface area (Å²) < 4.78 is 26.9. The second kappa shape index (κ2) is 12.0. The highest BCUT2D eigenvalue weighted by atomic mass is 19.1. The van der Waals surface area contributed by atoms with Crippen LogP contribution in [0.25, 0.3) is 0 Å². The Morgan fingerprint density at radius 1 is 1.13 bits per heavy atom. The van der Waals surface area contributed by atoms with Crippen LogP contribution in [0.3, 0.4) is 0 Å². The lowest BCUT2D eigenvalue weighted by atomic mass is 9.96. The predicted molar refractivity (Wildman–Crippen MR) is 108 cm³/mol.